The van der Waals surface area contributed by atoms with Crippen LogP contribution in [0.15, 0.2) is 42.5 Å². The van der Waals surface area contributed by atoms with Crippen LogP contribution in [-0.2, 0) is 16.6 Å². The van der Waals surface area contributed by atoms with Gasteiger partial charge in [0.2, 0.25) is 0 Å². The predicted molar refractivity (Wildman–Crippen MR) is 123 cm³/mol. The number of amides is 1. The van der Waals surface area contributed by atoms with Crippen molar-refractivity contribution in [3.05, 3.63) is 65.0 Å². The number of halogens is 1. The molecule has 2 atom stereocenters. The summed E-state index contributed by atoms with van der Waals surface area (Å²) in [4.78, 5) is 12.6. The van der Waals surface area contributed by atoms with E-state index in [4.69, 9.17) is 4.74 Å². The van der Waals surface area contributed by atoms with Crippen molar-refractivity contribution in [3.8, 4) is 5.75 Å². The van der Waals surface area contributed by atoms with Gasteiger partial charge in [0.05, 0.1) is 11.7 Å². The van der Waals surface area contributed by atoms with Crippen LogP contribution in [0.2, 0.25) is 0 Å². The van der Waals surface area contributed by atoms with Crippen molar-refractivity contribution in [2.45, 2.75) is 57.0 Å². The number of rotatable bonds is 8. The number of hydrogen-bond donors (Lipinski definition) is 1. The van der Waals surface area contributed by atoms with E-state index in [2.05, 4.69) is 24.3 Å². The summed E-state index contributed by atoms with van der Waals surface area (Å²) in [5.41, 5.74) is 1.87. The van der Waals surface area contributed by atoms with Gasteiger partial charge >= 0.3 is 10.2 Å². The highest BCUT2D eigenvalue weighted by atomic mass is 32.2. The molecular formula is C25H29FN2O4S. The van der Waals surface area contributed by atoms with Crippen molar-refractivity contribution in [1.29, 1.82) is 0 Å². The van der Waals surface area contributed by atoms with E-state index in [9.17, 15) is 17.6 Å². The van der Waals surface area contributed by atoms with Crippen molar-refractivity contribution < 1.29 is 22.3 Å². The third-order valence-corrected chi connectivity index (χ3v) is 8.38. The number of carbonyl (C=O) groups excluding carboxylic acids is 1. The summed E-state index contributed by atoms with van der Waals surface area (Å²) in [6, 6.07) is 13.2. The lowest BCUT2D eigenvalue weighted by Gasteiger charge is -2.29. The first-order chi connectivity index (χ1) is 15.9. The Morgan fingerprint density at radius 2 is 1.85 bits per heavy atom. The summed E-state index contributed by atoms with van der Waals surface area (Å²) in [5, 5.41) is 0. The molecule has 8 heteroatoms. The first-order valence-electron chi connectivity index (χ1n) is 11.8. The van der Waals surface area contributed by atoms with Gasteiger partial charge < -0.3 is 4.74 Å². The van der Waals surface area contributed by atoms with Gasteiger partial charge in [0.1, 0.15) is 11.6 Å². The Kier molecular flexibility index (Phi) is 6.14. The van der Waals surface area contributed by atoms with Crippen LogP contribution in [0.5, 0.6) is 5.75 Å². The highest BCUT2D eigenvalue weighted by Crippen LogP contribution is 2.46. The smallest absolute Gasteiger partial charge is 0.304 e. The normalized spacial score (nSPS) is 23.2. The van der Waals surface area contributed by atoms with E-state index in [0.717, 1.165) is 50.5 Å². The van der Waals surface area contributed by atoms with E-state index in [1.165, 1.54) is 22.0 Å². The standard InChI is InChI=1S/C25H29FN2O4S/c26-23-16-24(32-20-10-7-18(14-20)13-17-5-2-1-3-6-17)21(19-8-9-19)15-22(23)25(29)27-33(30,31)28-11-4-12-28/h1-3,5-6,15-16,18-20H,4,7-14H2,(H,27,29)/t18?,20-/m0/s1. The second-order valence-electron chi connectivity index (χ2n) is 9.44. The van der Waals surface area contributed by atoms with Gasteiger partial charge in [-0.25, -0.2) is 9.11 Å². The monoisotopic (exact) mass is 472 g/mol. The third kappa shape index (κ3) is 5.06. The Morgan fingerprint density at radius 3 is 2.52 bits per heavy atom. The molecule has 2 aromatic rings. The molecule has 3 fully saturated rings. The molecule has 0 aromatic heterocycles. The van der Waals surface area contributed by atoms with Crippen molar-refractivity contribution in [2.24, 2.45) is 5.92 Å². The lowest BCUT2D eigenvalue weighted by molar-refractivity contribution is 0.0973. The van der Waals surface area contributed by atoms with E-state index in [1.807, 2.05) is 10.8 Å². The molecule has 1 unspecified atom stereocenters. The average Bonchev–Trinajstić information content (AvgIpc) is 3.47. The molecule has 1 saturated heterocycles. The second-order valence-corrected chi connectivity index (χ2v) is 11.1. The lowest BCUT2D eigenvalue weighted by atomic mass is 9.98. The van der Waals surface area contributed by atoms with Crippen LogP contribution in [0.25, 0.3) is 0 Å². The molecule has 2 aromatic carbocycles. The minimum absolute atomic E-state index is 0.0158. The van der Waals surface area contributed by atoms with Crippen LogP contribution < -0.4 is 9.46 Å². The van der Waals surface area contributed by atoms with Crippen LogP contribution in [0, 0.1) is 11.7 Å². The maximum Gasteiger partial charge on any atom is 0.304 e. The highest BCUT2D eigenvalue weighted by Gasteiger charge is 2.34. The number of nitrogens with one attached hydrogen (secondary N) is 1. The topological polar surface area (TPSA) is 75.7 Å². The number of nitrogens with zero attached hydrogens (tertiary/aromatic N) is 1. The van der Waals surface area contributed by atoms with Crippen molar-refractivity contribution >= 4 is 16.1 Å². The Hall–Kier alpha value is -2.45. The van der Waals surface area contributed by atoms with Crippen molar-refractivity contribution in [2.75, 3.05) is 13.1 Å². The molecule has 1 N–H and O–H groups in total. The van der Waals surface area contributed by atoms with Crippen LogP contribution in [0.3, 0.4) is 0 Å². The Balaban J connectivity index is 1.28. The molecule has 1 aliphatic heterocycles. The zero-order valence-corrected chi connectivity index (χ0v) is 19.3. The number of ether oxygens (including phenoxy) is 1. The maximum atomic E-state index is 14.9. The molecule has 5 rings (SSSR count). The molecule has 1 heterocycles. The minimum atomic E-state index is -3.93. The quantitative estimate of drug-likeness (QED) is 0.626. The van der Waals surface area contributed by atoms with E-state index in [0.29, 0.717) is 24.8 Å². The summed E-state index contributed by atoms with van der Waals surface area (Å²) >= 11 is 0. The summed E-state index contributed by atoms with van der Waals surface area (Å²) in [7, 11) is -3.93. The second kappa shape index (κ2) is 9.06. The molecule has 2 aliphatic carbocycles. The molecule has 0 radical (unpaired) electrons. The van der Waals surface area contributed by atoms with Crippen LogP contribution in [0.4, 0.5) is 4.39 Å². The highest BCUT2D eigenvalue weighted by molar-refractivity contribution is 7.87. The van der Waals surface area contributed by atoms with Crippen LogP contribution in [-0.4, -0.2) is 37.8 Å². The largest absolute Gasteiger partial charge is 0.490 e. The fraction of sp³-hybridized carbons (Fsp3) is 0.480. The predicted octanol–water partition coefficient (Wildman–Crippen LogP) is 4.17. The molecule has 2 saturated carbocycles. The van der Waals surface area contributed by atoms with E-state index in [1.54, 1.807) is 0 Å². The maximum absolute atomic E-state index is 14.9. The van der Waals surface area contributed by atoms with Gasteiger partial charge in [0.25, 0.3) is 5.91 Å². The molecule has 6 nitrogen and oxygen atoms in total. The van der Waals surface area contributed by atoms with Gasteiger partial charge in [-0.2, -0.15) is 12.7 Å². The Labute approximate surface area is 194 Å². The fourth-order valence-electron chi connectivity index (χ4n) is 4.77. The van der Waals surface area contributed by atoms with Crippen molar-refractivity contribution in [3.63, 3.8) is 0 Å². The first kappa shape index (κ1) is 22.3. The van der Waals surface area contributed by atoms with Gasteiger partial charge in [-0.1, -0.05) is 30.3 Å². The minimum Gasteiger partial charge on any atom is -0.490 e. The summed E-state index contributed by atoms with van der Waals surface area (Å²) in [5.74, 6) is -0.451. The van der Waals surface area contributed by atoms with Crippen LogP contribution in [0.1, 0.15) is 65.9 Å². The number of benzene rings is 2. The van der Waals surface area contributed by atoms with Crippen molar-refractivity contribution in [1.82, 2.24) is 9.03 Å². The third-order valence-electron chi connectivity index (χ3n) is 6.89. The number of carbonyl (C=O) groups is 1. The van der Waals surface area contributed by atoms with E-state index in [-0.39, 0.29) is 17.6 Å². The molecule has 33 heavy (non-hydrogen) atoms. The van der Waals surface area contributed by atoms with Gasteiger partial charge in [-0.05, 0) is 74.0 Å². The summed E-state index contributed by atoms with van der Waals surface area (Å²) in [6.45, 7) is 0.746. The van der Waals surface area contributed by atoms with Gasteiger partial charge in [0, 0.05) is 19.2 Å². The molecule has 0 spiro atoms. The fourth-order valence-corrected chi connectivity index (χ4v) is 5.99. The summed E-state index contributed by atoms with van der Waals surface area (Å²) < 4.78 is 48.8. The zero-order valence-electron chi connectivity index (χ0n) is 18.5. The molecule has 0 bridgehead atoms. The summed E-state index contributed by atoms with van der Waals surface area (Å²) in [6.07, 6.45) is 6.59. The van der Waals surface area contributed by atoms with Gasteiger partial charge in [0.15, 0.2) is 0 Å². The molecule has 176 valence electrons. The number of hydrogen-bond acceptors (Lipinski definition) is 4. The SMILES string of the molecule is O=C(NS(=O)(=O)N1CCC1)c1cc(C2CC2)c(O[C@H]2CCC(Cc3ccccc3)C2)cc1F. The van der Waals surface area contributed by atoms with E-state index >= 15 is 0 Å². The molecule has 1 amide bonds. The molecular weight excluding hydrogens is 443 g/mol. The zero-order chi connectivity index (χ0) is 23.0. The van der Waals surface area contributed by atoms with Crippen LogP contribution >= 0.6 is 0 Å². The van der Waals surface area contributed by atoms with Gasteiger partial charge in [-0.15, -0.1) is 0 Å². The van der Waals surface area contributed by atoms with Gasteiger partial charge in [-0.3, -0.25) is 4.79 Å². The molecule has 3 aliphatic rings. The van der Waals surface area contributed by atoms with E-state index < -0.39 is 21.9 Å². The lowest BCUT2D eigenvalue weighted by Crippen LogP contribution is -2.49. The Morgan fingerprint density at radius 1 is 1.09 bits per heavy atom. The Bertz CT molecular complexity index is 1130. The first-order valence-corrected chi connectivity index (χ1v) is 13.2. The average molecular weight is 473 g/mol.